The zero-order valence-electron chi connectivity index (χ0n) is 10.5. The Bertz CT molecular complexity index is 583. The molecule has 0 aliphatic carbocycles. The van der Waals surface area contributed by atoms with Crippen molar-refractivity contribution in [3.8, 4) is 16.9 Å². The Morgan fingerprint density at radius 3 is 2.61 bits per heavy atom. The second kappa shape index (κ2) is 4.52. The highest BCUT2D eigenvalue weighted by Crippen LogP contribution is 2.36. The summed E-state index contributed by atoms with van der Waals surface area (Å²) in [6, 6.07) is 3.32. The van der Waals surface area contributed by atoms with Crippen LogP contribution in [0.2, 0.25) is 0 Å². The molecule has 0 aliphatic heterocycles. The number of carbonyl (C=O) groups is 1. The van der Waals surface area contributed by atoms with E-state index in [0.29, 0.717) is 22.8 Å². The molecule has 5 nitrogen and oxygen atoms in total. The largest absolute Gasteiger partial charge is 0.496 e. The van der Waals surface area contributed by atoms with Gasteiger partial charge in [0.05, 0.1) is 18.4 Å². The van der Waals surface area contributed by atoms with E-state index in [0.717, 1.165) is 23.1 Å². The molecule has 1 aromatic carbocycles. The monoisotopic (exact) mass is 246 g/mol. The Balaban J connectivity index is 2.73. The van der Waals surface area contributed by atoms with Crippen LogP contribution in [0.25, 0.3) is 11.1 Å². The lowest BCUT2D eigenvalue weighted by Crippen LogP contribution is -1.97. The summed E-state index contributed by atoms with van der Waals surface area (Å²) in [5.74, 6) is 1.26. The van der Waals surface area contributed by atoms with Crippen molar-refractivity contribution in [2.45, 2.75) is 13.8 Å². The summed E-state index contributed by atoms with van der Waals surface area (Å²) in [6.45, 7) is 3.65. The molecule has 0 aliphatic rings. The van der Waals surface area contributed by atoms with Crippen LogP contribution in [0.4, 0.5) is 5.69 Å². The number of rotatable bonds is 3. The molecule has 0 saturated carbocycles. The third-order valence-corrected chi connectivity index (χ3v) is 2.83. The molecule has 0 fully saturated rings. The van der Waals surface area contributed by atoms with Gasteiger partial charge in [-0.2, -0.15) is 0 Å². The number of aryl methyl sites for hydroxylation is 2. The standard InChI is InChI=1S/C13H14N2O3/c1-7-13(8(2)18-15-7)10-4-9(6-16)11(14)5-12(10)17-3/h4-6H,14H2,1-3H3. The number of anilines is 1. The van der Waals surface area contributed by atoms with Gasteiger partial charge in [0, 0.05) is 22.9 Å². The minimum Gasteiger partial charge on any atom is -0.496 e. The third-order valence-electron chi connectivity index (χ3n) is 2.83. The molecule has 0 atom stereocenters. The SMILES string of the molecule is COc1cc(N)c(C=O)cc1-c1c(C)noc1C. The van der Waals surface area contributed by atoms with Crippen LogP contribution in [-0.4, -0.2) is 18.6 Å². The number of nitrogens with two attached hydrogens (primary N) is 1. The van der Waals surface area contributed by atoms with Crippen molar-refractivity contribution in [3.05, 3.63) is 29.2 Å². The van der Waals surface area contributed by atoms with E-state index in [2.05, 4.69) is 5.16 Å². The quantitative estimate of drug-likeness (QED) is 0.664. The highest BCUT2D eigenvalue weighted by molar-refractivity contribution is 5.89. The summed E-state index contributed by atoms with van der Waals surface area (Å²) < 4.78 is 10.4. The number of aldehydes is 1. The van der Waals surface area contributed by atoms with E-state index in [4.69, 9.17) is 15.0 Å². The van der Waals surface area contributed by atoms with E-state index < -0.39 is 0 Å². The van der Waals surface area contributed by atoms with Crippen molar-refractivity contribution in [3.63, 3.8) is 0 Å². The first kappa shape index (κ1) is 12.2. The van der Waals surface area contributed by atoms with Gasteiger partial charge in [0.15, 0.2) is 6.29 Å². The molecule has 0 bridgehead atoms. The van der Waals surface area contributed by atoms with Crippen molar-refractivity contribution in [1.82, 2.24) is 5.16 Å². The molecule has 0 amide bonds. The molecule has 2 rings (SSSR count). The Kier molecular flexibility index (Phi) is 3.06. The number of hydrogen-bond acceptors (Lipinski definition) is 5. The lowest BCUT2D eigenvalue weighted by atomic mass is 10.00. The topological polar surface area (TPSA) is 78.4 Å². The zero-order chi connectivity index (χ0) is 13.3. The van der Waals surface area contributed by atoms with Gasteiger partial charge in [-0.05, 0) is 19.9 Å². The van der Waals surface area contributed by atoms with Crippen LogP contribution in [-0.2, 0) is 0 Å². The van der Waals surface area contributed by atoms with Crippen LogP contribution < -0.4 is 10.5 Å². The molecule has 0 unspecified atom stereocenters. The van der Waals surface area contributed by atoms with Crippen molar-refractivity contribution >= 4 is 12.0 Å². The average Bonchev–Trinajstić information content (AvgIpc) is 2.69. The first-order valence-corrected chi connectivity index (χ1v) is 5.44. The summed E-state index contributed by atoms with van der Waals surface area (Å²) in [4.78, 5) is 11.0. The van der Waals surface area contributed by atoms with Gasteiger partial charge in [-0.15, -0.1) is 0 Å². The molecular formula is C13H14N2O3. The van der Waals surface area contributed by atoms with E-state index in [9.17, 15) is 4.79 Å². The molecule has 1 aromatic heterocycles. The lowest BCUT2D eigenvalue weighted by Gasteiger charge is -2.10. The predicted octanol–water partition coefficient (Wildman–Crippen LogP) is 2.36. The van der Waals surface area contributed by atoms with Crippen LogP contribution in [0.5, 0.6) is 5.75 Å². The van der Waals surface area contributed by atoms with Crippen LogP contribution in [0.3, 0.4) is 0 Å². The Hall–Kier alpha value is -2.30. The van der Waals surface area contributed by atoms with Gasteiger partial charge < -0.3 is 15.0 Å². The number of methoxy groups -OCH3 is 1. The number of hydrogen-bond donors (Lipinski definition) is 1. The molecule has 0 saturated heterocycles. The number of carbonyl (C=O) groups excluding carboxylic acids is 1. The van der Waals surface area contributed by atoms with Crippen molar-refractivity contribution in [2.75, 3.05) is 12.8 Å². The maximum absolute atomic E-state index is 11.0. The van der Waals surface area contributed by atoms with Gasteiger partial charge in [0.2, 0.25) is 0 Å². The summed E-state index contributed by atoms with van der Waals surface area (Å²) in [5.41, 5.74) is 8.89. The van der Waals surface area contributed by atoms with E-state index >= 15 is 0 Å². The maximum atomic E-state index is 11.0. The summed E-state index contributed by atoms with van der Waals surface area (Å²) >= 11 is 0. The van der Waals surface area contributed by atoms with Gasteiger partial charge in [-0.3, -0.25) is 4.79 Å². The van der Waals surface area contributed by atoms with Crippen molar-refractivity contribution in [2.24, 2.45) is 0 Å². The van der Waals surface area contributed by atoms with Gasteiger partial charge in [-0.25, -0.2) is 0 Å². The predicted molar refractivity (Wildman–Crippen MR) is 67.8 cm³/mol. The molecule has 0 radical (unpaired) electrons. The number of benzene rings is 1. The lowest BCUT2D eigenvalue weighted by molar-refractivity contribution is 0.112. The van der Waals surface area contributed by atoms with Crippen molar-refractivity contribution in [1.29, 1.82) is 0 Å². The van der Waals surface area contributed by atoms with Crippen LogP contribution in [0, 0.1) is 13.8 Å². The van der Waals surface area contributed by atoms with Gasteiger partial charge in [0.1, 0.15) is 11.5 Å². The third kappa shape index (κ3) is 1.84. The fourth-order valence-corrected chi connectivity index (χ4v) is 1.95. The molecule has 2 aromatic rings. The zero-order valence-corrected chi connectivity index (χ0v) is 10.5. The van der Waals surface area contributed by atoms with E-state index in [1.807, 2.05) is 13.8 Å². The minimum absolute atomic E-state index is 0.386. The average molecular weight is 246 g/mol. The second-order valence-corrected chi connectivity index (χ2v) is 4.00. The normalized spacial score (nSPS) is 10.4. The molecule has 5 heteroatoms. The Morgan fingerprint density at radius 2 is 2.11 bits per heavy atom. The number of nitrogen functional groups attached to an aromatic ring is 1. The maximum Gasteiger partial charge on any atom is 0.152 e. The van der Waals surface area contributed by atoms with Gasteiger partial charge >= 0.3 is 0 Å². The summed E-state index contributed by atoms with van der Waals surface area (Å²) in [5, 5.41) is 3.90. The molecule has 94 valence electrons. The number of nitrogens with zero attached hydrogens (tertiary/aromatic N) is 1. The molecule has 1 heterocycles. The molecular weight excluding hydrogens is 232 g/mol. The van der Waals surface area contributed by atoms with Gasteiger partial charge in [-0.1, -0.05) is 5.16 Å². The number of aromatic nitrogens is 1. The summed E-state index contributed by atoms with van der Waals surface area (Å²) in [7, 11) is 1.55. The second-order valence-electron chi connectivity index (χ2n) is 4.00. The highest BCUT2D eigenvalue weighted by atomic mass is 16.5. The first-order valence-electron chi connectivity index (χ1n) is 5.44. The van der Waals surface area contributed by atoms with Crippen molar-refractivity contribution < 1.29 is 14.1 Å². The molecule has 0 spiro atoms. The highest BCUT2D eigenvalue weighted by Gasteiger charge is 2.17. The fourth-order valence-electron chi connectivity index (χ4n) is 1.95. The Labute approximate surface area is 105 Å². The van der Waals surface area contributed by atoms with Crippen LogP contribution in [0.1, 0.15) is 21.8 Å². The summed E-state index contributed by atoms with van der Waals surface area (Å²) in [6.07, 6.45) is 0.719. The smallest absolute Gasteiger partial charge is 0.152 e. The molecule has 18 heavy (non-hydrogen) atoms. The van der Waals surface area contributed by atoms with E-state index in [1.165, 1.54) is 0 Å². The minimum atomic E-state index is 0.386. The van der Waals surface area contributed by atoms with E-state index in [-0.39, 0.29) is 0 Å². The van der Waals surface area contributed by atoms with Crippen LogP contribution in [0.15, 0.2) is 16.7 Å². The fraction of sp³-hybridized carbons (Fsp3) is 0.231. The van der Waals surface area contributed by atoms with E-state index in [1.54, 1.807) is 19.2 Å². The first-order chi connectivity index (χ1) is 8.58. The van der Waals surface area contributed by atoms with Gasteiger partial charge in [0.25, 0.3) is 0 Å². The van der Waals surface area contributed by atoms with Crippen LogP contribution >= 0.6 is 0 Å². The number of ether oxygens (including phenoxy) is 1. The Morgan fingerprint density at radius 1 is 1.39 bits per heavy atom. The molecule has 2 N–H and O–H groups in total.